The number of hydrogen-bond acceptors (Lipinski definition) is 2. The highest BCUT2D eigenvalue weighted by molar-refractivity contribution is 5.75. The molecule has 0 radical (unpaired) electrons. The first-order chi connectivity index (χ1) is 9.81. The average molecular weight is 302 g/mol. The van der Waals surface area contributed by atoms with Crippen molar-refractivity contribution < 1.29 is 31.5 Å². The minimum Gasteiger partial charge on any atom is -0.454 e. The summed E-state index contributed by atoms with van der Waals surface area (Å²) >= 11 is 0. The van der Waals surface area contributed by atoms with Crippen molar-refractivity contribution in [1.29, 1.82) is 0 Å². The van der Waals surface area contributed by atoms with Gasteiger partial charge in [-0.2, -0.15) is 13.2 Å². The van der Waals surface area contributed by atoms with Crippen molar-refractivity contribution in [3.8, 4) is 11.5 Å². The zero-order valence-electron chi connectivity index (χ0n) is 10.2. The summed E-state index contributed by atoms with van der Waals surface area (Å²) in [5.41, 5.74) is -1.46. The minimum atomic E-state index is -4.89. The van der Waals surface area contributed by atoms with Crippen molar-refractivity contribution in [3.05, 3.63) is 59.2 Å². The topological polar surface area (TPSA) is 26.3 Å². The van der Waals surface area contributed by atoms with Gasteiger partial charge >= 0.3 is 6.18 Å². The van der Waals surface area contributed by atoms with Gasteiger partial charge in [0, 0.05) is 5.56 Å². The number of aldehydes is 1. The van der Waals surface area contributed by atoms with E-state index in [-0.39, 0.29) is 17.1 Å². The van der Waals surface area contributed by atoms with Gasteiger partial charge < -0.3 is 4.74 Å². The fourth-order valence-corrected chi connectivity index (χ4v) is 1.59. The van der Waals surface area contributed by atoms with Crippen LogP contribution in [0.2, 0.25) is 0 Å². The van der Waals surface area contributed by atoms with Crippen LogP contribution in [0, 0.1) is 11.6 Å². The third kappa shape index (κ3) is 3.36. The van der Waals surface area contributed by atoms with Crippen molar-refractivity contribution in [2.24, 2.45) is 0 Å². The molecule has 2 rings (SSSR count). The van der Waals surface area contributed by atoms with Gasteiger partial charge in [0.2, 0.25) is 0 Å². The predicted molar refractivity (Wildman–Crippen MR) is 63.3 cm³/mol. The maximum atomic E-state index is 13.6. The number of hydrogen-bond donors (Lipinski definition) is 0. The Kier molecular flexibility index (Phi) is 3.93. The molecule has 0 fully saturated rings. The lowest BCUT2D eigenvalue weighted by molar-refractivity contribution is -0.140. The van der Waals surface area contributed by atoms with Gasteiger partial charge in [0.15, 0.2) is 11.6 Å². The Morgan fingerprint density at radius 2 is 1.67 bits per heavy atom. The Morgan fingerprint density at radius 1 is 0.952 bits per heavy atom. The van der Waals surface area contributed by atoms with E-state index >= 15 is 0 Å². The van der Waals surface area contributed by atoms with Crippen LogP contribution < -0.4 is 4.74 Å². The standard InChI is InChI=1S/C14H7F5O2/c15-11-3-2-9(6-10(11)14(17,18)19)21-13-4-1-8(7-20)5-12(13)16/h1-7H. The molecule has 0 aliphatic heterocycles. The average Bonchev–Trinajstić information content (AvgIpc) is 2.41. The smallest absolute Gasteiger partial charge is 0.419 e. The molecule has 21 heavy (non-hydrogen) atoms. The third-order valence-electron chi connectivity index (χ3n) is 2.56. The highest BCUT2D eigenvalue weighted by Gasteiger charge is 2.34. The molecule has 7 heteroatoms. The van der Waals surface area contributed by atoms with Crippen LogP contribution in [0.25, 0.3) is 0 Å². The van der Waals surface area contributed by atoms with E-state index in [4.69, 9.17) is 4.74 Å². The molecular formula is C14H7F5O2. The van der Waals surface area contributed by atoms with E-state index in [0.29, 0.717) is 18.4 Å². The normalized spacial score (nSPS) is 11.3. The Hall–Kier alpha value is -2.44. The SMILES string of the molecule is O=Cc1ccc(Oc2ccc(F)c(C(F)(F)F)c2)c(F)c1. The van der Waals surface area contributed by atoms with Crippen molar-refractivity contribution in [2.45, 2.75) is 6.18 Å². The first-order valence-electron chi connectivity index (χ1n) is 5.60. The first kappa shape index (κ1) is 15.0. The molecule has 0 atom stereocenters. The van der Waals surface area contributed by atoms with Gasteiger partial charge in [-0.05, 0) is 36.4 Å². The molecule has 0 saturated heterocycles. The highest BCUT2D eigenvalue weighted by atomic mass is 19.4. The van der Waals surface area contributed by atoms with E-state index < -0.39 is 23.4 Å². The number of carbonyl (C=O) groups excluding carboxylic acids is 1. The van der Waals surface area contributed by atoms with Gasteiger partial charge in [0.25, 0.3) is 0 Å². The molecule has 0 aromatic heterocycles. The second-order valence-electron chi connectivity index (χ2n) is 4.05. The van der Waals surface area contributed by atoms with Crippen molar-refractivity contribution in [3.63, 3.8) is 0 Å². The highest BCUT2D eigenvalue weighted by Crippen LogP contribution is 2.35. The number of halogens is 5. The fraction of sp³-hybridized carbons (Fsp3) is 0.0714. The molecule has 0 amide bonds. The quantitative estimate of drug-likeness (QED) is 0.612. The summed E-state index contributed by atoms with van der Waals surface area (Å²) in [4.78, 5) is 10.4. The molecule has 0 unspecified atom stereocenters. The largest absolute Gasteiger partial charge is 0.454 e. The predicted octanol–water partition coefficient (Wildman–Crippen LogP) is 4.59. The maximum absolute atomic E-state index is 13.6. The van der Waals surface area contributed by atoms with E-state index in [1.54, 1.807) is 0 Å². The molecule has 2 nitrogen and oxygen atoms in total. The Labute approximate surface area is 115 Å². The summed E-state index contributed by atoms with van der Waals surface area (Å²) in [7, 11) is 0. The lowest BCUT2D eigenvalue weighted by Gasteiger charge is -2.11. The van der Waals surface area contributed by atoms with Crippen molar-refractivity contribution in [2.75, 3.05) is 0 Å². The fourth-order valence-electron chi connectivity index (χ4n) is 1.59. The molecule has 0 bridgehead atoms. The molecule has 0 saturated carbocycles. The Balaban J connectivity index is 2.34. The van der Waals surface area contributed by atoms with Crippen LogP contribution in [0.4, 0.5) is 22.0 Å². The summed E-state index contributed by atoms with van der Waals surface area (Å²) in [6.07, 6.45) is -4.48. The van der Waals surface area contributed by atoms with E-state index in [1.807, 2.05) is 0 Å². The second-order valence-corrected chi connectivity index (χ2v) is 4.05. The molecule has 0 heterocycles. The van der Waals surface area contributed by atoms with Crippen LogP contribution in [0.15, 0.2) is 36.4 Å². The van der Waals surface area contributed by atoms with Crippen LogP contribution >= 0.6 is 0 Å². The molecule has 110 valence electrons. The van der Waals surface area contributed by atoms with Gasteiger partial charge in [-0.15, -0.1) is 0 Å². The van der Waals surface area contributed by atoms with Crippen LogP contribution in [0.3, 0.4) is 0 Å². The first-order valence-corrected chi connectivity index (χ1v) is 5.60. The minimum absolute atomic E-state index is 0.0509. The van der Waals surface area contributed by atoms with Gasteiger partial charge in [-0.1, -0.05) is 0 Å². The lowest BCUT2D eigenvalue weighted by atomic mass is 10.2. The van der Waals surface area contributed by atoms with E-state index in [9.17, 15) is 26.7 Å². The number of benzene rings is 2. The molecule has 2 aromatic rings. The summed E-state index contributed by atoms with van der Waals surface area (Å²) < 4.78 is 69.2. The summed E-state index contributed by atoms with van der Waals surface area (Å²) in [5, 5.41) is 0. The van der Waals surface area contributed by atoms with Crippen LogP contribution in [0.1, 0.15) is 15.9 Å². The van der Waals surface area contributed by atoms with E-state index in [1.165, 1.54) is 6.07 Å². The Bertz CT molecular complexity index is 680. The molecule has 0 spiro atoms. The molecule has 0 N–H and O–H groups in total. The van der Waals surface area contributed by atoms with Gasteiger partial charge in [0.1, 0.15) is 17.9 Å². The third-order valence-corrected chi connectivity index (χ3v) is 2.56. The van der Waals surface area contributed by atoms with Crippen LogP contribution in [0.5, 0.6) is 11.5 Å². The van der Waals surface area contributed by atoms with Crippen molar-refractivity contribution in [1.82, 2.24) is 0 Å². The van der Waals surface area contributed by atoms with Crippen LogP contribution in [-0.2, 0) is 6.18 Å². The van der Waals surface area contributed by atoms with E-state index in [2.05, 4.69) is 0 Å². The number of ether oxygens (including phenoxy) is 1. The Morgan fingerprint density at radius 3 is 2.24 bits per heavy atom. The number of rotatable bonds is 3. The number of alkyl halides is 3. The van der Waals surface area contributed by atoms with E-state index in [0.717, 1.165) is 18.2 Å². The molecule has 0 aliphatic carbocycles. The summed E-state index contributed by atoms with van der Waals surface area (Å²) in [6.45, 7) is 0. The summed E-state index contributed by atoms with van der Waals surface area (Å²) in [5.74, 6) is -3.12. The lowest BCUT2D eigenvalue weighted by Crippen LogP contribution is -2.08. The van der Waals surface area contributed by atoms with Crippen molar-refractivity contribution >= 4 is 6.29 Å². The second kappa shape index (κ2) is 5.51. The monoisotopic (exact) mass is 302 g/mol. The van der Waals surface area contributed by atoms with Gasteiger partial charge in [-0.3, -0.25) is 4.79 Å². The van der Waals surface area contributed by atoms with Gasteiger partial charge in [0.05, 0.1) is 5.56 Å². The maximum Gasteiger partial charge on any atom is 0.419 e. The molecule has 0 aliphatic rings. The number of carbonyl (C=O) groups is 1. The summed E-state index contributed by atoms with van der Waals surface area (Å²) in [6, 6.07) is 5.15. The zero-order chi connectivity index (χ0) is 15.6. The zero-order valence-corrected chi connectivity index (χ0v) is 10.2. The molecule has 2 aromatic carbocycles. The molecular weight excluding hydrogens is 295 g/mol. The van der Waals surface area contributed by atoms with Crippen LogP contribution in [-0.4, -0.2) is 6.29 Å². The van der Waals surface area contributed by atoms with Gasteiger partial charge in [-0.25, -0.2) is 8.78 Å².